The molecule has 0 aliphatic rings. The number of hydrogen-bond acceptors (Lipinski definition) is 3. The van der Waals surface area contributed by atoms with Gasteiger partial charge in [-0.1, -0.05) is 32.9 Å². The molecule has 0 amide bonds. The molecule has 5 heteroatoms. The Kier molecular flexibility index (Phi) is 3.95. The molecule has 106 valence electrons. The number of rotatable bonds is 2. The van der Waals surface area contributed by atoms with Crippen LogP contribution in [0.4, 0.5) is 4.39 Å². The average Bonchev–Trinajstić information content (AvgIpc) is 2.35. The van der Waals surface area contributed by atoms with E-state index in [-0.39, 0.29) is 16.6 Å². The Bertz CT molecular complexity index is 638. The van der Waals surface area contributed by atoms with Crippen molar-refractivity contribution in [2.45, 2.75) is 33.1 Å². The van der Waals surface area contributed by atoms with Crippen molar-refractivity contribution < 1.29 is 9.13 Å². The Morgan fingerprint density at radius 3 is 2.55 bits per heavy atom. The van der Waals surface area contributed by atoms with E-state index in [0.717, 1.165) is 11.8 Å². The first kappa shape index (κ1) is 14.7. The summed E-state index contributed by atoms with van der Waals surface area (Å²) in [6.07, 6.45) is 0.990. The minimum absolute atomic E-state index is 0.0484. The Balaban J connectivity index is 2.33. The molecule has 0 atom stereocenters. The quantitative estimate of drug-likeness (QED) is 0.755. The van der Waals surface area contributed by atoms with Gasteiger partial charge < -0.3 is 4.74 Å². The maximum absolute atomic E-state index is 13.5. The first-order valence-corrected chi connectivity index (χ1v) is 6.62. The van der Waals surface area contributed by atoms with Crippen LogP contribution in [-0.2, 0) is 5.41 Å². The minimum atomic E-state index is -0.645. The predicted octanol–water partition coefficient (Wildman–Crippen LogP) is 4.67. The van der Waals surface area contributed by atoms with Crippen molar-refractivity contribution in [1.29, 1.82) is 0 Å². The lowest BCUT2D eigenvalue weighted by Gasteiger charge is -2.20. The SMILES string of the molecule is Cc1cc(C(C)(C)C)ccc1Oc1nc(Cl)ncc1F. The molecule has 1 heterocycles. The number of ether oxygens (including phenoxy) is 1. The van der Waals surface area contributed by atoms with Crippen LogP contribution in [0.15, 0.2) is 24.4 Å². The van der Waals surface area contributed by atoms with Gasteiger partial charge in [0.2, 0.25) is 11.1 Å². The van der Waals surface area contributed by atoms with Crippen LogP contribution in [0.2, 0.25) is 5.28 Å². The van der Waals surface area contributed by atoms with Gasteiger partial charge in [-0.3, -0.25) is 0 Å². The molecule has 2 rings (SSSR count). The zero-order valence-corrected chi connectivity index (χ0v) is 12.6. The lowest BCUT2D eigenvalue weighted by molar-refractivity contribution is 0.417. The Morgan fingerprint density at radius 2 is 1.95 bits per heavy atom. The highest BCUT2D eigenvalue weighted by molar-refractivity contribution is 6.28. The molecule has 0 saturated carbocycles. The molecule has 0 aliphatic heterocycles. The van der Waals surface area contributed by atoms with Crippen LogP contribution in [0.25, 0.3) is 0 Å². The van der Waals surface area contributed by atoms with Crippen LogP contribution in [0.3, 0.4) is 0 Å². The molecule has 0 bridgehead atoms. The largest absolute Gasteiger partial charge is 0.436 e. The second-order valence-corrected chi connectivity index (χ2v) is 5.96. The molecule has 2 aromatic rings. The Hall–Kier alpha value is -1.68. The van der Waals surface area contributed by atoms with Gasteiger partial charge in [-0.25, -0.2) is 4.98 Å². The second kappa shape index (κ2) is 5.37. The van der Waals surface area contributed by atoms with E-state index in [9.17, 15) is 4.39 Å². The van der Waals surface area contributed by atoms with Crippen LogP contribution in [-0.4, -0.2) is 9.97 Å². The number of halogens is 2. The first-order chi connectivity index (χ1) is 9.27. The fraction of sp³-hybridized carbons (Fsp3) is 0.333. The van der Waals surface area contributed by atoms with Crippen LogP contribution in [0.5, 0.6) is 11.6 Å². The molecular formula is C15H16ClFN2O. The number of benzene rings is 1. The van der Waals surface area contributed by atoms with E-state index < -0.39 is 5.82 Å². The lowest BCUT2D eigenvalue weighted by Crippen LogP contribution is -2.11. The average molecular weight is 295 g/mol. The molecular weight excluding hydrogens is 279 g/mol. The highest BCUT2D eigenvalue weighted by atomic mass is 35.5. The van der Waals surface area contributed by atoms with E-state index in [2.05, 4.69) is 30.7 Å². The van der Waals surface area contributed by atoms with Crippen molar-refractivity contribution in [2.75, 3.05) is 0 Å². The third kappa shape index (κ3) is 3.25. The van der Waals surface area contributed by atoms with Crippen LogP contribution >= 0.6 is 11.6 Å². The second-order valence-electron chi connectivity index (χ2n) is 5.62. The van der Waals surface area contributed by atoms with Gasteiger partial charge in [-0.2, -0.15) is 9.37 Å². The maximum atomic E-state index is 13.5. The fourth-order valence-corrected chi connectivity index (χ4v) is 1.86. The topological polar surface area (TPSA) is 35.0 Å². The first-order valence-electron chi connectivity index (χ1n) is 6.24. The van der Waals surface area contributed by atoms with Gasteiger partial charge in [0, 0.05) is 0 Å². The third-order valence-corrected chi connectivity index (χ3v) is 3.11. The van der Waals surface area contributed by atoms with E-state index in [0.29, 0.717) is 5.75 Å². The molecule has 0 spiro atoms. The van der Waals surface area contributed by atoms with Gasteiger partial charge in [-0.15, -0.1) is 0 Å². The maximum Gasteiger partial charge on any atom is 0.260 e. The van der Waals surface area contributed by atoms with E-state index in [1.165, 1.54) is 5.56 Å². The standard InChI is InChI=1S/C15H16ClFN2O/c1-9-7-10(15(2,3)4)5-6-12(9)20-13-11(17)8-18-14(16)19-13/h5-8H,1-4H3. The molecule has 0 N–H and O–H groups in total. The van der Waals surface area contributed by atoms with Gasteiger partial charge in [0.15, 0.2) is 0 Å². The number of nitrogens with zero attached hydrogens (tertiary/aromatic N) is 2. The van der Waals surface area contributed by atoms with Crippen molar-refractivity contribution in [1.82, 2.24) is 9.97 Å². The van der Waals surface area contributed by atoms with Crippen molar-refractivity contribution >= 4 is 11.6 Å². The summed E-state index contributed by atoms with van der Waals surface area (Å²) in [7, 11) is 0. The van der Waals surface area contributed by atoms with Crippen molar-refractivity contribution in [3.63, 3.8) is 0 Å². The lowest BCUT2D eigenvalue weighted by atomic mass is 9.86. The zero-order chi connectivity index (χ0) is 14.9. The molecule has 0 radical (unpaired) electrons. The summed E-state index contributed by atoms with van der Waals surface area (Å²) in [5.74, 6) is -0.267. The predicted molar refractivity (Wildman–Crippen MR) is 77.0 cm³/mol. The fourth-order valence-electron chi connectivity index (χ4n) is 1.74. The summed E-state index contributed by atoms with van der Waals surface area (Å²) in [6.45, 7) is 8.30. The number of hydrogen-bond donors (Lipinski definition) is 0. The van der Waals surface area contributed by atoms with Crippen LogP contribution < -0.4 is 4.74 Å². The van der Waals surface area contributed by atoms with E-state index >= 15 is 0 Å². The molecule has 1 aromatic heterocycles. The number of aromatic nitrogens is 2. The molecule has 0 fully saturated rings. The van der Waals surface area contributed by atoms with Crippen LogP contribution in [0.1, 0.15) is 31.9 Å². The van der Waals surface area contributed by atoms with E-state index in [4.69, 9.17) is 16.3 Å². The molecule has 0 aliphatic carbocycles. The monoisotopic (exact) mass is 294 g/mol. The summed E-state index contributed by atoms with van der Waals surface area (Å²) >= 11 is 5.64. The van der Waals surface area contributed by atoms with Gasteiger partial charge in [0.1, 0.15) is 5.75 Å². The molecule has 3 nitrogen and oxygen atoms in total. The molecule has 0 saturated heterocycles. The van der Waals surface area contributed by atoms with Gasteiger partial charge >= 0.3 is 0 Å². The molecule has 20 heavy (non-hydrogen) atoms. The van der Waals surface area contributed by atoms with Gasteiger partial charge in [0.05, 0.1) is 6.20 Å². The minimum Gasteiger partial charge on any atom is -0.436 e. The summed E-state index contributed by atoms with van der Waals surface area (Å²) in [6, 6.07) is 5.80. The summed E-state index contributed by atoms with van der Waals surface area (Å²) < 4.78 is 19.0. The molecule has 0 unspecified atom stereocenters. The van der Waals surface area contributed by atoms with Crippen LogP contribution in [0, 0.1) is 12.7 Å². The summed E-state index contributed by atoms with van der Waals surface area (Å²) in [5, 5.41) is -0.0506. The third-order valence-electron chi connectivity index (χ3n) is 2.93. The van der Waals surface area contributed by atoms with Gasteiger partial charge in [0.25, 0.3) is 5.88 Å². The number of aryl methyl sites for hydroxylation is 1. The summed E-state index contributed by atoms with van der Waals surface area (Å²) in [5.41, 5.74) is 2.14. The normalized spacial score (nSPS) is 11.5. The Morgan fingerprint density at radius 1 is 1.25 bits per heavy atom. The van der Waals surface area contributed by atoms with E-state index in [1.807, 2.05) is 25.1 Å². The van der Waals surface area contributed by atoms with E-state index in [1.54, 1.807) is 0 Å². The highest BCUT2D eigenvalue weighted by Gasteiger charge is 2.16. The Labute approximate surface area is 122 Å². The van der Waals surface area contributed by atoms with Gasteiger partial charge in [-0.05, 0) is 41.1 Å². The van der Waals surface area contributed by atoms with Crippen molar-refractivity contribution in [2.24, 2.45) is 0 Å². The summed E-state index contributed by atoms with van der Waals surface area (Å²) in [4.78, 5) is 7.29. The van der Waals surface area contributed by atoms with Crippen molar-refractivity contribution in [3.8, 4) is 11.6 Å². The molecule has 1 aromatic carbocycles. The van der Waals surface area contributed by atoms with Crippen molar-refractivity contribution in [3.05, 3.63) is 46.6 Å². The highest BCUT2D eigenvalue weighted by Crippen LogP contribution is 2.30. The smallest absolute Gasteiger partial charge is 0.260 e. The zero-order valence-electron chi connectivity index (χ0n) is 11.9.